The molecule has 0 radical (unpaired) electrons. The Balaban J connectivity index is 1.97. The summed E-state index contributed by atoms with van der Waals surface area (Å²) < 4.78 is 24.6. The third kappa shape index (κ3) is 5.58. The van der Waals surface area contributed by atoms with Crippen molar-refractivity contribution in [1.82, 2.24) is 5.32 Å². The molecule has 0 saturated carbocycles. The number of nitrogens with one attached hydrogen (secondary N) is 1. The minimum Gasteiger partial charge on any atom is -0.349 e. The molecule has 2 aromatic carbocycles. The maximum Gasteiger partial charge on any atom is 0.221 e. The zero-order valence-corrected chi connectivity index (χ0v) is 15.9. The van der Waals surface area contributed by atoms with E-state index in [0.717, 1.165) is 17.5 Å². The topological polar surface area (TPSA) is 63.2 Å². The number of hydrogen-bond donors (Lipinski definition) is 1. The van der Waals surface area contributed by atoms with Gasteiger partial charge in [-0.1, -0.05) is 48.4 Å². The minimum absolute atomic E-state index is 0.0761. The van der Waals surface area contributed by atoms with Crippen LogP contribution in [0.15, 0.2) is 53.4 Å². The zero-order chi connectivity index (χ0) is 18.4. The van der Waals surface area contributed by atoms with Crippen molar-refractivity contribution >= 4 is 27.3 Å². The average molecular weight is 380 g/mol. The third-order valence-electron chi connectivity index (χ3n) is 3.99. The lowest BCUT2D eigenvalue weighted by atomic mass is 10.0. The third-order valence-corrected chi connectivity index (χ3v) is 5.98. The molecule has 2 rings (SSSR count). The van der Waals surface area contributed by atoms with Gasteiger partial charge in [-0.05, 0) is 43.2 Å². The van der Waals surface area contributed by atoms with Gasteiger partial charge in [0.2, 0.25) is 5.91 Å². The van der Waals surface area contributed by atoms with Crippen LogP contribution in [0.25, 0.3) is 0 Å². The highest BCUT2D eigenvalue weighted by molar-refractivity contribution is 7.91. The van der Waals surface area contributed by atoms with E-state index in [4.69, 9.17) is 11.6 Å². The van der Waals surface area contributed by atoms with Crippen LogP contribution in [0.3, 0.4) is 0 Å². The van der Waals surface area contributed by atoms with Gasteiger partial charge in [-0.25, -0.2) is 8.42 Å². The molecule has 6 heteroatoms. The van der Waals surface area contributed by atoms with E-state index in [1.807, 2.05) is 38.1 Å². The molecular weight excluding hydrogens is 358 g/mol. The summed E-state index contributed by atoms with van der Waals surface area (Å²) in [6.45, 7) is 3.99. The Morgan fingerprint density at radius 3 is 2.24 bits per heavy atom. The van der Waals surface area contributed by atoms with Crippen LogP contribution >= 0.6 is 11.6 Å². The molecule has 134 valence electrons. The van der Waals surface area contributed by atoms with Crippen molar-refractivity contribution < 1.29 is 13.2 Å². The van der Waals surface area contributed by atoms with Gasteiger partial charge in [0.05, 0.1) is 16.7 Å². The molecule has 0 spiro atoms. The summed E-state index contributed by atoms with van der Waals surface area (Å²) in [5.41, 5.74) is 2.17. The van der Waals surface area contributed by atoms with Gasteiger partial charge in [-0.3, -0.25) is 4.79 Å². The zero-order valence-electron chi connectivity index (χ0n) is 14.3. The summed E-state index contributed by atoms with van der Waals surface area (Å²) in [5, 5.41) is 3.38. The van der Waals surface area contributed by atoms with E-state index >= 15 is 0 Å². The van der Waals surface area contributed by atoms with Crippen molar-refractivity contribution in [2.24, 2.45) is 0 Å². The molecular formula is C19H22ClNO3S. The second-order valence-electron chi connectivity index (χ2n) is 5.96. The van der Waals surface area contributed by atoms with Gasteiger partial charge < -0.3 is 5.32 Å². The summed E-state index contributed by atoms with van der Waals surface area (Å²) in [4.78, 5) is 12.4. The molecule has 0 aliphatic carbocycles. The molecule has 0 fully saturated rings. The Kier molecular flexibility index (Phi) is 6.62. The van der Waals surface area contributed by atoms with E-state index < -0.39 is 9.84 Å². The molecule has 0 unspecified atom stereocenters. The van der Waals surface area contributed by atoms with Crippen LogP contribution in [0.5, 0.6) is 0 Å². The normalized spacial score (nSPS) is 12.6. The van der Waals surface area contributed by atoms with Crippen LogP contribution in [0.4, 0.5) is 0 Å². The molecule has 0 saturated heterocycles. The smallest absolute Gasteiger partial charge is 0.221 e. The fourth-order valence-corrected chi connectivity index (χ4v) is 3.84. The fraction of sp³-hybridized carbons (Fsp3) is 0.316. The van der Waals surface area contributed by atoms with E-state index in [1.54, 1.807) is 0 Å². The van der Waals surface area contributed by atoms with Crippen molar-refractivity contribution in [3.8, 4) is 0 Å². The summed E-state index contributed by atoms with van der Waals surface area (Å²) >= 11 is 5.77. The first-order valence-electron chi connectivity index (χ1n) is 8.16. The Hall–Kier alpha value is -1.85. The van der Waals surface area contributed by atoms with Gasteiger partial charge in [0.15, 0.2) is 9.84 Å². The van der Waals surface area contributed by atoms with E-state index in [2.05, 4.69) is 5.32 Å². The van der Waals surface area contributed by atoms with Crippen LogP contribution in [-0.2, 0) is 14.6 Å². The van der Waals surface area contributed by atoms with Gasteiger partial charge in [-0.15, -0.1) is 0 Å². The number of carbonyl (C=O) groups excluding carboxylic acids is 1. The van der Waals surface area contributed by atoms with E-state index in [1.165, 1.54) is 24.3 Å². The number of amides is 1. The van der Waals surface area contributed by atoms with Crippen molar-refractivity contribution in [3.05, 3.63) is 64.7 Å². The Bertz CT molecular complexity index is 815. The highest BCUT2D eigenvalue weighted by Gasteiger charge is 2.18. The Morgan fingerprint density at radius 2 is 1.68 bits per heavy atom. The van der Waals surface area contributed by atoms with Gasteiger partial charge in [-0.2, -0.15) is 0 Å². The lowest BCUT2D eigenvalue weighted by Crippen LogP contribution is -2.29. The highest BCUT2D eigenvalue weighted by atomic mass is 35.5. The van der Waals surface area contributed by atoms with E-state index in [9.17, 15) is 13.2 Å². The van der Waals surface area contributed by atoms with Crippen LogP contribution in [0.1, 0.15) is 36.9 Å². The molecule has 0 bridgehead atoms. The monoisotopic (exact) mass is 379 g/mol. The first-order valence-corrected chi connectivity index (χ1v) is 10.2. The van der Waals surface area contributed by atoms with E-state index in [-0.39, 0.29) is 29.0 Å². The lowest BCUT2D eigenvalue weighted by Gasteiger charge is -2.17. The molecule has 1 N–H and O–H groups in total. The quantitative estimate of drug-likeness (QED) is 0.788. The van der Waals surface area contributed by atoms with Crippen molar-refractivity contribution in [3.63, 3.8) is 0 Å². The first kappa shape index (κ1) is 19.5. The predicted molar refractivity (Wildman–Crippen MR) is 100 cm³/mol. The molecule has 0 aromatic heterocycles. The summed E-state index contributed by atoms with van der Waals surface area (Å²) in [6, 6.07) is 13.8. The Labute approximate surface area is 154 Å². The number of carbonyl (C=O) groups is 1. The predicted octanol–water partition coefficient (Wildman–Crippen LogP) is 4.08. The number of hydrogen-bond acceptors (Lipinski definition) is 3. The fourth-order valence-electron chi connectivity index (χ4n) is 2.47. The maximum atomic E-state index is 12.3. The van der Waals surface area contributed by atoms with Crippen molar-refractivity contribution in [1.29, 1.82) is 0 Å². The number of aryl methyl sites for hydroxylation is 1. The second-order valence-corrected chi connectivity index (χ2v) is 8.51. The molecule has 0 heterocycles. The van der Waals surface area contributed by atoms with Gasteiger partial charge >= 0.3 is 0 Å². The number of sulfone groups is 1. The molecule has 4 nitrogen and oxygen atoms in total. The molecule has 0 aliphatic heterocycles. The summed E-state index contributed by atoms with van der Waals surface area (Å²) in [7, 11) is -3.50. The number of rotatable bonds is 7. The SMILES string of the molecule is CC[C@@H](NC(=O)CCS(=O)(=O)c1ccc(Cl)cc1)c1ccc(C)cc1. The van der Waals surface area contributed by atoms with Crippen molar-refractivity contribution in [2.75, 3.05) is 5.75 Å². The molecule has 1 amide bonds. The molecule has 25 heavy (non-hydrogen) atoms. The minimum atomic E-state index is -3.50. The standard InChI is InChI=1S/C19H22ClNO3S/c1-3-18(15-6-4-14(2)5-7-15)21-19(22)12-13-25(23,24)17-10-8-16(20)9-11-17/h4-11,18H,3,12-13H2,1-2H3,(H,21,22)/t18-/m1/s1. The maximum absolute atomic E-state index is 12.3. The number of halogens is 1. The molecule has 1 atom stereocenters. The number of benzene rings is 2. The Morgan fingerprint density at radius 1 is 1.08 bits per heavy atom. The van der Waals surface area contributed by atoms with Crippen LogP contribution < -0.4 is 5.32 Å². The lowest BCUT2D eigenvalue weighted by molar-refractivity contribution is -0.121. The molecule has 2 aromatic rings. The summed E-state index contributed by atoms with van der Waals surface area (Å²) in [6.07, 6.45) is 0.659. The van der Waals surface area contributed by atoms with Crippen LogP contribution in [0, 0.1) is 6.92 Å². The average Bonchev–Trinajstić information content (AvgIpc) is 2.59. The highest BCUT2D eigenvalue weighted by Crippen LogP contribution is 2.18. The van der Waals surface area contributed by atoms with Crippen LogP contribution in [0.2, 0.25) is 5.02 Å². The van der Waals surface area contributed by atoms with Crippen LogP contribution in [-0.4, -0.2) is 20.1 Å². The van der Waals surface area contributed by atoms with Gasteiger partial charge in [0.25, 0.3) is 0 Å². The van der Waals surface area contributed by atoms with Crippen molar-refractivity contribution in [2.45, 2.75) is 37.6 Å². The first-order chi connectivity index (χ1) is 11.8. The largest absolute Gasteiger partial charge is 0.349 e. The summed E-state index contributed by atoms with van der Waals surface area (Å²) in [5.74, 6) is -0.505. The second kappa shape index (κ2) is 8.50. The molecule has 0 aliphatic rings. The van der Waals surface area contributed by atoms with E-state index in [0.29, 0.717) is 5.02 Å². The van der Waals surface area contributed by atoms with Gasteiger partial charge in [0.1, 0.15) is 0 Å². The van der Waals surface area contributed by atoms with Gasteiger partial charge in [0, 0.05) is 11.4 Å².